The fourth-order valence-electron chi connectivity index (χ4n) is 2.39. The smallest absolute Gasteiger partial charge is 0.126 e. The van der Waals surface area contributed by atoms with Crippen LogP contribution in [0, 0.1) is 12.7 Å². The SMILES string of the molecule is Cc1cc(NCC2CSc3ccccc32)ccc1F. The van der Waals surface area contributed by atoms with Crippen molar-refractivity contribution in [1.82, 2.24) is 0 Å². The Morgan fingerprint density at radius 2 is 2.11 bits per heavy atom. The van der Waals surface area contributed by atoms with Crippen molar-refractivity contribution in [1.29, 1.82) is 0 Å². The molecule has 0 amide bonds. The first-order valence-corrected chi connectivity index (χ1v) is 7.44. The second-order valence-corrected chi connectivity index (χ2v) is 5.95. The van der Waals surface area contributed by atoms with E-state index in [2.05, 4.69) is 29.6 Å². The average molecular weight is 273 g/mol. The summed E-state index contributed by atoms with van der Waals surface area (Å²) in [6.07, 6.45) is 0. The molecule has 98 valence electrons. The van der Waals surface area contributed by atoms with Crippen LogP contribution in [0.3, 0.4) is 0 Å². The Morgan fingerprint density at radius 1 is 1.26 bits per heavy atom. The summed E-state index contributed by atoms with van der Waals surface area (Å²) in [5, 5.41) is 3.42. The third kappa shape index (κ3) is 2.61. The van der Waals surface area contributed by atoms with Crippen molar-refractivity contribution in [3.8, 4) is 0 Å². The molecule has 0 bridgehead atoms. The van der Waals surface area contributed by atoms with E-state index in [1.165, 1.54) is 16.5 Å². The highest BCUT2D eigenvalue weighted by Crippen LogP contribution is 2.39. The molecule has 1 aliphatic rings. The van der Waals surface area contributed by atoms with Crippen LogP contribution in [0.1, 0.15) is 17.0 Å². The molecule has 0 spiro atoms. The topological polar surface area (TPSA) is 12.0 Å². The van der Waals surface area contributed by atoms with Gasteiger partial charge in [0.15, 0.2) is 0 Å². The van der Waals surface area contributed by atoms with Crippen molar-refractivity contribution >= 4 is 17.4 Å². The van der Waals surface area contributed by atoms with Crippen LogP contribution in [0.4, 0.5) is 10.1 Å². The van der Waals surface area contributed by atoms with E-state index in [1.54, 1.807) is 13.0 Å². The summed E-state index contributed by atoms with van der Waals surface area (Å²) < 4.78 is 13.2. The molecule has 0 saturated heterocycles. The molecule has 0 aromatic heterocycles. The lowest BCUT2D eigenvalue weighted by Gasteiger charge is -2.13. The maximum absolute atomic E-state index is 13.2. The Bertz CT molecular complexity index is 597. The van der Waals surface area contributed by atoms with Crippen molar-refractivity contribution in [2.75, 3.05) is 17.6 Å². The normalized spacial score (nSPS) is 17.3. The molecule has 0 saturated carbocycles. The Labute approximate surface area is 117 Å². The van der Waals surface area contributed by atoms with Crippen LogP contribution in [0.5, 0.6) is 0 Å². The van der Waals surface area contributed by atoms with Crippen LogP contribution in [-0.2, 0) is 0 Å². The number of fused-ring (bicyclic) bond motifs is 1. The lowest BCUT2D eigenvalue weighted by Crippen LogP contribution is -2.12. The average Bonchev–Trinajstić information content (AvgIpc) is 2.83. The van der Waals surface area contributed by atoms with Crippen molar-refractivity contribution in [2.24, 2.45) is 0 Å². The summed E-state index contributed by atoms with van der Waals surface area (Å²) in [6, 6.07) is 13.8. The summed E-state index contributed by atoms with van der Waals surface area (Å²) in [5.41, 5.74) is 3.11. The number of halogens is 1. The third-order valence-corrected chi connectivity index (χ3v) is 4.76. The minimum absolute atomic E-state index is 0.146. The van der Waals surface area contributed by atoms with Gasteiger partial charge in [-0.2, -0.15) is 0 Å². The fraction of sp³-hybridized carbons (Fsp3) is 0.250. The number of hydrogen-bond acceptors (Lipinski definition) is 2. The Hall–Kier alpha value is -1.48. The highest BCUT2D eigenvalue weighted by atomic mass is 32.2. The second kappa shape index (κ2) is 5.25. The molecule has 1 nitrogen and oxygen atoms in total. The molecule has 0 aliphatic carbocycles. The summed E-state index contributed by atoms with van der Waals surface area (Å²) in [6.45, 7) is 2.69. The van der Waals surface area contributed by atoms with Gasteiger partial charge < -0.3 is 5.32 Å². The molecular formula is C16H16FNS. The number of rotatable bonds is 3. The predicted octanol–water partition coefficient (Wildman–Crippen LogP) is 4.44. The minimum Gasteiger partial charge on any atom is -0.384 e. The number of aryl methyl sites for hydroxylation is 1. The van der Waals surface area contributed by atoms with Crippen molar-refractivity contribution in [2.45, 2.75) is 17.7 Å². The molecule has 1 N–H and O–H groups in total. The Balaban J connectivity index is 1.69. The van der Waals surface area contributed by atoms with Gasteiger partial charge in [-0.15, -0.1) is 11.8 Å². The van der Waals surface area contributed by atoms with Gasteiger partial charge in [-0.1, -0.05) is 18.2 Å². The molecule has 1 aliphatic heterocycles. The zero-order valence-electron chi connectivity index (χ0n) is 10.8. The zero-order valence-corrected chi connectivity index (χ0v) is 11.6. The fourth-order valence-corrected chi connectivity index (χ4v) is 3.65. The van der Waals surface area contributed by atoms with Gasteiger partial charge in [0.1, 0.15) is 5.82 Å². The number of benzene rings is 2. The van der Waals surface area contributed by atoms with Gasteiger partial charge in [0.25, 0.3) is 0 Å². The first-order chi connectivity index (χ1) is 9.24. The van der Waals surface area contributed by atoms with Crippen molar-refractivity contribution in [3.63, 3.8) is 0 Å². The van der Waals surface area contributed by atoms with E-state index in [0.29, 0.717) is 11.5 Å². The van der Waals surface area contributed by atoms with Crippen LogP contribution < -0.4 is 5.32 Å². The second-order valence-electron chi connectivity index (χ2n) is 4.89. The van der Waals surface area contributed by atoms with E-state index in [9.17, 15) is 4.39 Å². The van der Waals surface area contributed by atoms with Crippen LogP contribution >= 0.6 is 11.8 Å². The first-order valence-electron chi connectivity index (χ1n) is 6.46. The van der Waals surface area contributed by atoms with Gasteiger partial charge in [-0.3, -0.25) is 0 Å². The standard InChI is InChI=1S/C16H16FNS/c1-11-8-13(6-7-15(11)17)18-9-12-10-19-16-5-3-2-4-14(12)16/h2-8,12,18H,9-10H2,1H3. The molecule has 1 heterocycles. The van der Waals surface area contributed by atoms with Gasteiger partial charge in [0.2, 0.25) is 0 Å². The third-order valence-electron chi connectivity index (χ3n) is 3.51. The van der Waals surface area contributed by atoms with E-state index < -0.39 is 0 Å². The molecule has 3 rings (SSSR count). The van der Waals surface area contributed by atoms with Crippen LogP contribution in [0.2, 0.25) is 0 Å². The molecule has 1 unspecified atom stereocenters. The molecule has 2 aromatic rings. The summed E-state index contributed by atoms with van der Waals surface area (Å²) >= 11 is 1.92. The number of hydrogen-bond donors (Lipinski definition) is 1. The molecule has 0 fully saturated rings. The van der Waals surface area contributed by atoms with E-state index in [0.717, 1.165) is 18.0 Å². The van der Waals surface area contributed by atoms with E-state index in [-0.39, 0.29) is 5.82 Å². The Morgan fingerprint density at radius 3 is 2.95 bits per heavy atom. The van der Waals surface area contributed by atoms with Gasteiger partial charge in [-0.05, 0) is 42.3 Å². The number of anilines is 1. The monoisotopic (exact) mass is 273 g/mol. The van der Waals surface area contributed by atoms with Gasteiger partial charge in [-0.25, -0.2) is 4.39 Å². The van der Waals surface area contributed by atoms with E-state index in [1.807, 2.05) is 17.8 Å². The lowest BCUT2D eigenvalue weighted by molar-refractivity contribution is 0.618. The Kier molecular flexibility index (Phi) is 3.47. The summed E-state index contributed by atoms with van der Waals surface area (Å²) in [4.78, 5) is 1.39. The van der Waals surface area contributed by atoms with Gasteiger partial charge in [0, 0.05) is 28.8 Å². The zero-order chi connectivity index (χ0) is 13.2. The summed E-state index contributed by atoms with van der Waals surface area (Å²) in [5.74, 6) is 1.51. The van der Waals surface area contributed by atoms with Crippen LogP contribution in [0.15, 0.2) is 47.4 Å². The van der Waals surface area contributed by atoms with Crippen LogP contribution in [-0.4, -0.2) is 12.3 Å². The quantitative estimate of drug-likeness (QED) is 0.887. The molecule has 19 heavy (non-hydrogen) atoms. The van der Waals surface area contributed by atoms with Gasteiger partial charge >= 0.3 is 0 Å². The highest BCUT2D eigenvalue weighted by Gasteiger charge is 2.22. The molecule has 1 atom stereocenters. The first kappa shape index (κ1) is 12.5. The predicted molar refractivity (Wildman–Crippen MR) is 79.5 cm³/mol. The van der Waals surface area contributed by atoms with Crippen LogP contribution in [0.25, 0.3) is 0 Å². The van der Waals surface area contributed by atoms with Gasteiger partial charge in [0.05, 0.1) is 0 Å². The number of nitrogens with one attached hydrogen (secondary N) is 1. The largest absolute Gasteiger partial charge is 0.384 e. The minimum atomic E-state index is -0.146. The van der Waals surface area contributed by atoms with Crippen molar-refractivity contribution < 1.29 is 4.39 Å². The molecule has 3 heteroatoms. The van der Waals surface area contributed by atoms with E-state index >= 15 is 0 Å². The maximum atomic E-state index is 13.2. The summed E-state index contributed by atoms with van der Waals surface area (Å²) in [7, 11) is 0. The van der Waals surface area contributed by atoms with E-state index in [4.69, 9.17) is 0 Å². The highest BCUT2D eigenvalue weighted by molar-refractivity contribution is 7.99. The molecule has 2 aromatic carbocycles. The molecule has 0 radical (unpaired) electrons. The lowest BCUT2D eigenvalue weighted by atomic mass is 10.0. The molecular weight excluding hydrogens is 257 g/mol. The number of thioether (sulfide) groups is 1. The maximum Gasteiger partial charge on any atom is 0.126 e. The van der Waals surface area contributed by atoms with Crippen molar-refractivity contribution in [3.05, 3.63) is 59.4 Å².